The van der Waals surface area contributed by atoms with E-state index in [0.29, 0.717) is 12.0 Å². The summed E-state index contributed by atoms with van der Waals surface area (Å²) in [5.41, 5.74) is 0.679. The van der Waals surface area contributed by atoms with Crippen molar-refractivity contribution in [2.24, 2.45) is 0 Å². The molecule has 0 saturated heterocycles. The van der Waals surface area contributed by atoms with Gasteiger partial charge in [0.1, 0.15) is 5.76 Å². The van der Waals surface area contributed by atoms with Crippen LogP contribution in [0.5, 0.6) is 0 Å². The van der Waals surface area contributed by atoms with Crippen LogP contribution in [0, 0.1) is 0 Å². The Morgan fingerprint density at radius 3 is 2.65 bits per heavy atom. The van der Waals surface area contributed by atoms with Crippen molar-refractivity contribution in [1.29, 1.82) is 0 Å². The Kier molecular flexibility index (Phi) is 3.60. The number of carbonyl (C=O) groups excluding carboxylic acids is 1. The summed E-state index contributed by atoms with van der Waals surface area (Å²) in [4.78, 5) is 11.8. The van der Waals surface area contributed by atoms with E-state index in [2.05, 4.69) is 5.32 Å². The molecule has 2 aromatic rings. The van der Waals surface area contributed by atoms with Crippen molar-refractivity contribution < 1.29 is 9.21 Å². The molecule has 1 N–H and O–H groups in total. The molecule has 1 amide bonds. The number of amides is 1. The van der Waals surface area contributed by atoms with Crippen molar-refractivity contribution >= 4 is 5.91 Å². The maximum atomic E-state index is 11.8. The van der Waals surface area contributed by atoms with Crippen LogP contribution in [0.4, 0.5) is 0 Å². The average Bonchev–Trinajstić information content (AvgIpc) is 2.82. The molecule has 0 aliphatic heterocycles. The lowest BCUT2D eigenvalue weighted by atomic mass is 10.1. The number of furan rings is 1. The SMILES string of the molecule is CC(Cc1ccco1)NC(=O)c1ccccc1. The highest BCUT2D eigenvalue weighted by Crippen LogP contribution is 2.05. The lowest BCUT2D eigenvalue weighted by Gasteiger charge is -2.12. The third-order valence-electron chi connectivity index (χ3n) is 2.50. The minimum absolute atomic E-state index is 0.0499. The van der Waals surface area contributed by atoms with Gasteiger partial charge >= 0.3 is 0 Å². The normalized spacial score (nSPS) is 12.1. The van der Waals surface area contributed by atoms with Crippen LogP contribution in [-0.4, -0.2) is 11.9 Å². The quantitative estimate of drug-likeness (QED) is 0.875. The van der Waals surface area contributed by atoms with Crippen molar-refractivity contribution in [3.8, 4) is 0 Å². The van der Waals surface area contributed by atoms with Gasteiger partial charge in [0.05, 0.1) is 6.26 Å². The summed E-state index contributed by atoms with van der Waals surface area (Å²) < 4.78 is 5.24. The highest BCUT2D eigenvalue weighted by atomic mass is 16.3. The van der Waals surface area contributed by atoms with Gasteiger partial charge in [-0.05, 0) is 31.2 Å². The summed E-state index contributed by atoms with van der Waals surface area (Å²) in [5, 5.41) is 2.94. The molecule has 0 spiro atoms. The van der Waals surface area contributed by atoms with E-state index in [1.54, 1.807) is 18.4 Å². The Morgan fingerprint density at radius 1 is 1.24 bits per heavy atom. The number of rotatable bonds is 4. The minimum atomic E-state index is -0.0512. The third kappa shape index (κ3) is 3.21. The van der Waals surface area contributed by atoms with E-state index < -0.39 is 0 Å². The van der Waals surface area contributed by atoms with E-state index in [9.17, 15) is 4.79 Å². The molecule has 17 heavy (non-hydrogen) atoms. The van der Waals surface area contributed by atoms with Gasteiger partial charge in [-0.2, -0.15) is 0 Å². The highest BCUT2D eigenvalue weighted by Gasteiger charge is 2.10. The van der Waals surface area contributed by atoms with Gasteiger partial charge in [0.2, 0.25) is 0 Å². The third-order valence-corrected chi connectivity index (χ3v) is 2.50. The molecule has 2 rings (SSSR count). The van der Waals surface area contributed by atoms with Crippen LogP contribution in [0.1, 0.15) is 23.0 Å². The standard InChI is InChI=1S/C14H15NO2/c1-11(10-13-8-5-9-17-13)15-14(16)12-6-3-2-4-7-12/h2-9,11H,10H2,1H3,(H,15,16). The zero-order valence-corrected chi connectivity index (χ0v) is 9.72. The van der Waals surface area contributed by atoms with Crippen molar-refractivity contribution in [3.05, 3.63) is 60.1 Å². The molecular weight excluding hydrogens is 214 g/mol. The Balaban J connectivity index is 1.91. The molecule has 0 fully saturated rings. The van der Waals surface area contributed by atoms with E-state index >= 15 is 0 Å². The second kappa shape index (κ2) is 5.34. The molecule has 1 heterocycles. The first-order valence-corrected chi connectivity index (χ1v) is 5.64. The van der Waals surface area contributed by atoms with Gasteiger partial charge in [-0.3, -0.25) is 4.79 Å². The Hall–Kier alpha value is -2.03. The van der Waals surface area contributed by atoms with Crippen LogP contribution in [0.25, 0.3) is 0 Å². The van der Waals surface area contributed by atoms with Crippen molar-refractivity contribution in [2.45, 2.75) is 19.4 Å². The Bertz CT molecular complexity index is 462. The van der Waals surface area contributed by atoms with Crippen molar-refractivity contribution in [2.75, 3.05) is 0 Å². The number of nitrogens with one attached hydrogen (secondary N) is 1. The topological polar surface area (TPSA) is 42.2 Å². The molecule has 0 saturated carbocycles. The lowest BCUT2D eigenvalue weighted by Crippen LogP contribution is -2.33. The number of carbonyl (C=O) groups is 1. The van der Waals surface area contributed by atoms with Crippen LogP contribution in [-0.2, 0) is 6.42 Å². The molecule has 0 aliphatic carbocycles. The predicted molar refractivity (Wildman–Crippen MR) is 65.8 cm³/mol. The molecule has 3 nitrogen and oxygen atoms in total. The van der Waals surface area contributed by atoms with Crippen LogP contribution in [0.2, 0.25) is 0 Å². The second-order valence-electron chi connectivity index (χ2n) is 4.02. The zero-order valence-electron chi connectivity index (χ0n) is 9.72. The Morgan fingerprint density at radius 2 is 2.00 bits per heavy atom. The van der Waals surface area contributed by atoms with Crippen LogP contribution in [0.15, 0.2) is 53.1 Å². The van der Waals surface area contributed by atoms with E-state index in [1.807, 2.05) is 37.3 Å². The largest absolute Gasteiger partial charge is 0.469 e. The monoisotopic (exact) mass is 229 g/mol. The summed E-state index contributed by atoms with van der Waals surface area (Å²) >= 11 is 0. The highest BCUT2D eigenvalue weighted by molar-refractivity contribution is 5.94. The molecule has 1 aromatic heterocycles. The van der Waals surface area contributed by atoms with E-state index in [1.165, 1.54) is 0 Å². The van der Waals surface area contributed by atoms with Gasteiger partial charge in [-0.15, -0.1) is 0 Å². The molecule has 1 unspecified atom stereocenters. The minimum Gasteiger partial charge on any atom is -0.469 e. The van der Waals surface area contributed by atoms with Gasteiger partial charge in [0.25, 0.3) is 5.91 Å². The molecule has 3 heteroatoms. The summed E-state index contributed by atoms with van der Waals surface area (Å²) in [7, 11) is 0. The maximum absolute atomic E-state index is 11.8. The van der Waals surface area contributed by atoms with E-state index in [-0.39, 0.29) is 11.9 Å². The summed E-state index contributed by atoms with van der Waals surface area (Å²) in [6.45, 7) is 1.96. The van der Waals surface area contributed by atoms with Crippen molar-refractivity contribution in [3.63, 3.8) is 0 Å². The summed E-state index contributed by atoms with van der Waals surface area (Å²) in [6, 6.07) is 13.0. The van der Waals surface area contributed by atoms with Gasteiger partial charge in [-0.1, -0.05) is 18.2 Å². The zero-order chi connectivity index (χ0) is 12.1. The molecule has 1 aromatic carbocycles. The molecule has 0 radical (unpaired) electrons. The van der Waals surface area contributed by atoms with Gasteiger partial charge < -0.3 is 9.73 Å². The average molecular weight is 229 g/mol. The predicted octanol–water partition coefficient (Wildman–Crippen LogP) is 2.64. The fourth-order valence-corrected chi connectivity index (χ4v) is 1.68. The molecule has 0 aliphatic rings. The van der Waals surface area contributed by atoms with Crippen molar-refractivity contribution in [1.82, 2.24) is 5.32 Å². The fourth-order valence-electron chi connectivity index (χ4n) is 1.68. The van der Waals surface area contributed by atoms with Gasteiger partial charge in [-0.25, -0.2) is 0 Å². The van der Waals surface area contributed by atoms with Crippen LogP contribution >= 0.6 is 0 Å². The number of benzene rings is 1. The molecular formula is C14H15NO2. The van der Waals surface area contributed by atoms with E-state index in [4.69, 9.17) is 4.42 Å². The van der Waals surface area contributed by atoms with Crippen LogP contribution in [0.3, 0.4) is 0 Å². The smallest absolute Gasteiger partial charge is 0.251 e. The van der Waals surface area contributed by atoms with Crippen LogP contribution < -0.4 is 5.32 Å². The van der Waals surface area contributed by atoms with E-state index in [0.717, 1.165) is 5.76 Å². The maximum Gasteiger partial charge on any atom is 0.251 e. The number of hydrogen-bond donors (Lipinski definition) is 1. The van der Waals surface area contributed by atoms with Gasteiger partial charge in [0, 0.05) is 18.0 Å². The molecule has 0 bridgehead atoms. The van der Waals surface area contributed by atoms with Gasteiger partial charge in [0.15, 0.2) is 0 Å². The first-order valence-electron chi connectivity index (χ1n) is 5.64. The summed E-state index contributed by atoms with van der Waals surface area (Å²) in [6.07, 6.45) is 2.34. The molecule has 88 valence electrons. The first-order chi connectivity index (χ1) is 8.25. The lowest BCUT2D eigenvalue weighted by molar-refractivity contribution is 0.0939. The number of hydrogen-bond acceptors (Lipinski definition) is 2. The Labute approximate surface area is 100 Å². The summed E-state index contributed by atoms with van der Waals surface area (Å²) in [5.74, 6) is 0.829. The fraction of sp³-hybridized carbons (Fsp3) is 0.214. The molecule has 1 atom stereocenters. The first kappa shape index (κ1) is 11.5. The second-order valence-corrected chi connectivity index (χ2v) is 4.02.